The van der Waals surface area contributed by atoms with Gasteiger partial charge in [0, 0.05) is 24.1 Å². The van der Waals surface area contributed by atoms with E-state index in [0.29, 0.717) is 10.7 Å². The van der Waals surface area contributed by atoms with Gasteiger partial charge in [-0.05, 0) is 41.1 Å². The zero-order valence-electron chi connectivity index (χ0n) is 20.1. The van der Waals surface area contributed by atoms with Gasteiger partial charge in [0.05, 0.1) is 5.02 Å². The standard InChI is InChI=1S/C21H20ClN7O8S2/c1-8(19(33)34)37-25-13(9-3-4-12(30)11(22)5-9)16(31)23-14-17(32)29-15(20(35)36)10(6-38-18(14)29)7-39-21-24-26-27-28(21)2/h3-5,8,14,18,30H,6-7H2,1-2H3,(H,23,31)(H,33,34)(H,35,36)/b25-13-/t8?,14?,18-/m1/s1. The van der Waals surface area contributed by atoms with Crippen LogP contribution in [0.4, 0.5) is 0 Å². The molecule has 2 aliphatic heterocycles. The largest absolute Gasteiger partial charge is 0.506 e. The van der Waals surface area contributed by atoms with Gasteiger partial charge in [0.15, 0.2) is 5.71 Å². The third-order valence-electron chi connectivity index (χ3n) is 5.58. The molecule has 0 radical (unpaired) electrons. The van der Waals surface area contributed by atoms with Crippen LogP contribution in [0.25, 0.3) is 0 Å². The Morgan fingerprint density at radius 2 is 2.10 bits per heavy atom. The van der Waals surface area contributed by atoms with Gasteiger partial charge in [-0.25, -0.2) is 14.3 Å². The van der Waals surface area contributed by atoms with Crippen molar-refractivity contribution in [3.05, 3.63) is 40.1 Å². The first-order chi connectivity index (χ1) is 18.5. The van der Waals surface area contributed by atoms with Crippen LogP contribution >= 0.6 is 35.1 Å². The molecule has 2 unspecified atom stereocenters. The third kappa shape index (κ3) is 5.79. The molecule has 39 heavy (non-hydrogen) atoms. The second kappa shape index (κ2) is 11.5. The van der Waals surface area contributed by atoms with Gasteiger partial charge in [-0.1, -0.05) is 28.5 Å². The Kier molecular flexibility index (Phi) is 8.31. The molecule has 3 atom stereocenters. The van der Waals surface area contributed by atoms with Crippen LogP contribution < -0.4 is 5.32 Å². The van der Waals surface area contributed by atoms with Gasteiger partial charge in [0.2, 0.25) is 11.3 Å². The van der Waals surface area contributed by atoms with Gasteiger partial charge in [0.25, 0.3) is 11.8 Å². The number of amides is 2. The number of aromatic nitrogens is 4. The number of carbonyl (C=O) groups excluding carboxylic acids is 2. The summed E-state index contributed by atoms with van der Waals surface area (Å²) in [5, 5.41) is 45.6. The summed E-state index contributed by atoms with van der Waals surface area (Å²) in [4.78, 5) is 55.5. The first kappa shape index (κ1) is 28.2. The van der Waals surface area contributed by atoms with Crippen molar-refractivity contribution >= 4 is 64.6 Å². The molecule has 18 heteroatoms. The van der Waals surface area contributed by atoms with Crippen LogP contribution in [0.5, 0.6) is 5.75 Å². The molecule has 2 aromatic rings. The number of nitrogens with one attached hydrogen (secondary N) is 1. The van der Waals surface area contributed by atoms with Gasteiger partial charge in [-0.2, -0.15) is 0 Å². The topological polar surface area (TPSA) is 209 Å². The van der Waals surface area contributed by atoms with Gasteiger partial charge in [-0.15, -0.1) is 16.9 Å². The number of hydrogen-bond acceptors (Lipinski definition) is 12. The van der Waals surface area contributed by atoms with E-state index in [2.05, 4.69) is 26.0 Å². The minimum Gasteiger partial charge on any atom is -0.506 e. The Balaban J connectivity index is 1.54. The van der Waals surface area contributed by atoms with Crippen LogP contribution in [0.1, 0.15) is 12.5 Å². The van der Waals surface area contributed by atoms with Crippen LogP contribution in [0, 0.1) is 0 Å². The van der Waals surface area contributed by atoms with E-state index >= 15 is 0 Å². The fraction of sp³-hybridized carbons (Fsp3) is 0.333. The molecule has 0 saturated carbocycles. The maximum absolute atomic E-state index is 13.2. The van der Waals surface area contributed by atoms with E-state index in [0.717, 1.165) is 4.90 Å². The van der Waals surface area contributed by atoms with Crippen molar-refractivity contribution in [3.8, 4) is 5.75 Å². The predicted molar refractivity (Wildman–Crippen MR) is 137 cm³/mol. The number of fused-ring (bicyclic) bond motifs is 1. The lowest BCUT2D eigenvalue weighted by Crippen LogP contribution is -2.71. The van der Waals surface area contributed by atoms with Crippen LogP contribution in [-0.2, 0) is 31.1 Å². The molecule has 0 bridgehead atoms. The number of nitrogens with zero attached hydrogens (tertiary/aromatic N) is 6. The zero-order valence-corrected chi connectivity index (χ0v) is 22.5. The number of phenolic OH excluding ortho intramolecular Hbond substituents is 1. The fourth-order valence-corrected chi connectivity index (χ4v) is 6.07. The van der Waals surface area contributed by atoms with Crippen molar-refractivity contribution in [2.75, 3.05) is 11.5 Å². The first-order valence-electron chi connectivity index (χ1n) is 11.0. The van der Waals surface area contributed by atoms with Gasteiger partial charge in [-0.3, -0.25) is 14.5 Å². The highest BCUT2D eigenvalue weighted by Crippen LogP contribution is 2.41. The first-order valence-corrected chi connectivity index (χ1v) is 13.4. The number of aliphatic carboxylic acids is 2. The molecule has 0 aliphatic carbocycles. The van der Waals surface area contributed by atoms with Crippen molar-refractivity contribution < 1.29 is 39.3 Å². The number of tetrazole rings is 1. The molecule has 2 aliphatic rings. The van der Waals surface area contributed by atoms with E-state index in [9.17, 15) is 29.4 Å². The molecule has 1 fully saturated rings. The van der Waals surface area contributed by atoms with Gasteiger partial charge < -0.3 is 25.5 Å². The molecule has 1 saturated heterocycles. The van der Waals surface area contributed by atoms with Crippen LogP contribution in [0.15, 0.2) is 39.8 Å². The number of benzene rings is 1. The third-order valence-corrected chi connectivity index (χ3v) is 8.32. The van der Waals surface area contributed by atoms with Crippen molar-refractivity contribution in [1.82, 2.24) is 30.4 Å². The van der Waals surface area contributed by atoms with Crippen molar-refractivity contribution in [1.29, 1.82) is 0 Å². The number of oxime groups is 1. The molecule has 4 N–H and O–H groups in total. The second-order valence-electron chi connectivity index (χ2n) is 8.18. The number of β-lactam (4-membered cyclic amide) rings is 1. The lowest BCUT2D eigenvalue weighted by Gasteiger charge is -2.49. The number of carbonyl (C=O) groups is 4. The summed E-state index contributed by atoms with van der Waals surface area (Å²) in [7, 11) is 1.64. The van der Waals surface area contributed by atoms with E-state index in [-0.39, 0.29) is 33.5 Å². The molecule has 0 spiro atoms. The summed E-state index contributed by atoms with van der Waals surface area (Å²) in [5.74, 6) is -3.93. The van der Waals surface area contributed by atoms with E-state index < -0.39 is 47.0 Å². The summed E-state index contributed by atoms with van der Waals surface area (Å²) in [6, 6.07) is 2.63. The van der Waals surface area contributed by atoms with Crippen LogP contribution in [0.2, 0.25) is 5.02 Å². The Bertz CT molecular complexity index is 1410. The molecule has 1 aromatic heterocycles. The second-order valence-corrected chi connectivity index (χ2v) is 10.6. The molecule has 4 rings (SSSR count). The number of thioether (sulfide) groups is 2. The summed E-state index contributed by atoms with van der Waals surface area (Å²) < 4.78 is 1.44. The Morgan fingerprint density at radius 1 is 1.36 bits per heavy atom. The molecular weight excluding hydrogens is 578 g/mol. The lowest BCUT2D eigenvalue weighted by molar-refractivity contribution is -0.150. The molecule has 206 valence electrons. The highest BCUT2D eigenvalue weighted by Gasteiger charge is 2.54. The molecule has 2 amide bonds. The number of rotatable bonds is 10. The average Bonchev–Trinajstić information content (AvgIpc) is 3.31. The van der Waals surface area contributed by atoms with E-state index in [1.807, 2.05) is 0 Å². The summed E-state index contributed by atoms with van der Waals surface area (Å²) in [6.45, 7) is 1.20. The highest BCUT2D eigenvalue weighted by molar-refractivity contribution is 8.01. The lowest BCUT2D eigenvalue weighted by atomic mass is 10.0. The molecule has 3 heterocycles. The highest BCUT2D eigenvalue weighted by atomic mass is 35.5. The van der Waals surface area contributed by atoms with Crippen LogP contribution in [-0.4, -0.2) is 98.9 Å². The molecule has 1 aromatic carbocycles. The Hall–Kier alpha value is -3.83. The van der Waals surface area contributed by atoms with E-state index in [4.69, 9.17) is 21.5 Å². The van der Waals surface area contributed by atoms with Crippen LogP contribution in [0.3, 0.4) is 0 Å². The van der Waals surface area contributed by atoms with Crippen molar-refractivity contribution in [2.45, 2.75) is 29.6 Å². The number of phenols is 1. The minimum absolute atomic E-state index is 0.0801. The van der Waals surface area contributed by atoms with Crippen molar-refractivity contribution in [3.63, 3.8) is 0 Å². The number of aryl methyl sites for hydroxylation is 1. The van der Waals surface area contributed by atoms with Crippen molar-refractivity contribution in [2.24, 2.45) is 12.2 Å². The van der Waals surface area contributed by atoms with Gasteiger partial charge >= 0.3 is 11.9 Å². The zero-order chi connectivity index (χ0) is 28.4. The monoisotopic (exact) mass is 597 g/mol. The number of hydrogen-bond donors (Lipinski definition) is 4. The predicted octanol–water partition coefficient (Wildman–Crippen LogP) is 0.294. The normalized spacial score (nSPS) is 19.7. The van der Waals surface area contributed by atoms with Gasteiger partial charge in [0.1, 0.15) is 22.9 Å². The quantitative estimate of drug-likeness (QED) is 0.126. The van der Waals surface area contributed by atoms with E-state index in [1.165, 1.54) is 53.3 Å². The number of halogens is 1. The fourth-order valence-electron chi connectivity index (χ4n) is 3.56. The Morgan fingerprint density at radius 3 is 2.72 bits per heavy atom. The summed E-state index contributed by atoms with van der Waals surface area (Å²) in [5.41, 5.74) is -0.00133. The number of carboxylic acid groups (broad SMARTS) is 2. The maximum Gasteiger partial charge on any atom is 0.352 e. The Labute approximate surface area is 233 Å². The number of aromatic hydroxyl groups is 1. The molecule has 15 nitrogen and oxygen atoms in total. The SMILES string of the molecule is CC(O/N=C(\C(=O)NC1C(=O)N2C(C(=O)O)=C(CSc3nnnn3C)CS[C@H]12)c1ccc(O)c(Cl)c1)C(=O)O. The molecular formula is C21H20ClN7O8S2. The number of carboxylic acids is 2. The summed E-state index contributed by atoms with van der Waals surface area (Å²) in [6.07, 6.45) is -1.40. The summed E-state index contributed by atoms with van der Waals surface area (Å²) >= 11 is 8.44. The minimum atomic E-state index is -1.40. The average molecular weight is 598 g/mol. The smallest absolute Gasteiger partial charge is 0.352 e. The van der Waals surface area contributed by atoms with E-state index in [1.54, 1.807) is 7.05 Å². The maximum atomic E-state index is 13.2.